The van der Waals surface area contributed by atoms with Crippen LogP contribution in [0.3, 0.4) is 0 Å². The first kappa shape index (κ1) is 17.1. The number of pyridine rings is 1. The molecular weight excluding hydrogens is 342 g/mol. The van der Waals surface area contributed by atoms with Crippen LogP contribution in [0.1, 0.15) is 18.4 Å². The van der Waals surface area contributed by atoms with E-state index in [1.165, 1.54) is 0 Å². The van der Waals surface area contributed by atoms with E-state index < -0.39 is 0 Å². The molecule has 1 N–H and O–H groups in total. The van der Waals surface area contributed by atoms with Gasteiger partial charge in [-0.25, -0.2) is 4.98 Å². The van der Waals surface area contributed by atoms with Crippen molar-refractivity contribution in [3.05, 3.63) is 60.9 Å². The number of imidazole rings is 1. The summed E-state index contributed by atoms with van der Waals surface area (Å²) in [6, 6.07) is 7.67. The highest BCUT2D eigenvalue weighted by atomic mass is 16.1. The standard InChI is InChI=1S/C19H21N7O/c27-19(22-12-15-5-7-20-8-6-15)16-2-1-10-25(13-16)17-3-4-18(24-23-17)26-11-9-21-14-26/h3-9,11,14,16H,1-2,10,12-13H2,(H,22,27). The quantitative estimate of drug-likeness (QED) is 0.741. The maximum Gasteiger partial charge on any atom is 0.225 e. The van der Waals surface area contributed by atoms with Gasteiger partial charge in [-0.15, -0.1) is 10.2 Å². The third-order valence-electron chi connectivity index (χ3n) is 4.74. The second kappa shape index (κ2) is 7.94. The van der Waals surface area contributed by atoms with Gasteiger partial charge >= 0.3 is 0 Å². The molecule has 3 aromatic rings. The lowest BCUT2D eigenvalue weighted by Crippen LogP contribution is -2.43. The molecule has 0 saturated carbocycles. The third kappa shape index (κ3) is 4.11. The number of nitrogens with zero attached hydrogens (tertiary/aromatic N) is 6. The van der Waals surface area contributed by atoms with Gasteiger partial charge in [-0.2, -0.15) is 0 Å². The highest BCUT2D eigenvalue weighted by Gasteiger charge is 2.26. The number of carbonyl (C=O) groups is 1. The molecule has 1 saturated heterocycles. The molecular formula is C19H21N7O. The minimum Gasteiger partial charge on any atom is -0.354 e. The molecule has 4 heterocycles. The fraction of sp³-hybridized carbons (Fsp3) is 0.316. The van der Waals surface area contributed by atoms with E-state index in [9.17, 15) is 4.79 Å². The van der Waals surface area contributed by atoms with Crippen LogP contribution in [0.2, 0.25) is 0 Å². The second-order valence-corrected chi connectivity index (χ2v) is 6.58. The molecule has 0 spiro atoms. The Labute approximate surface area is 157 Å². The first-order chi connectivity index (χ1) is 13.3. The van der Waals surface area contributed by atoms with Crippen LogP contribution in [-0.4, -0.2) is 43.7 Å². The molecule has 8 nitrogen and oxygen atoms in total. The molecule has 3 aromatic heterocycles. The fourth-order valence-corrected chi connectivity index (χ4v) is 3.25. The lowest BCUT2D eigenvalue weighted by molar-refractivity contribution is -0.125. The topological polar surface area (TPSA) is 88.8 Å². The summed E-state index contributed by atoms with van der Waals surface area (Å²) in [6.07, 6.45) is 10.5. The van der Waals surface area contributed by atoms with Crippen molar-refractivity contribution in [2.24, 2.45) is 5.92 Å². The Morgan fingerprint density at radius 3 is 2.63 bits per heavy atom. The predicted octanol–water partition coefficient (Wildman–Crippen LogP) is 1.59. The predicted molar refractivity (Wildman–Crippen MR) is 100 cm³/mol. The number of hydrogen-bond acceptors (Lipinski definition) is 6. The Bertz CT molecular complexity index is 865. The number of nitrogens with one attached hydrogen (secondary N) is 1. The lowest BCUT2D eigenvalue weighted by Gasteiger charge is -2.32. The molecule has 8 heteroatoms. The molecule has 27 heavy (non-hydrogen) atoms. The van der Waals surface area contributed by atoms with Crippen LogP contribution in [0, 0.1) is 5.92 Å². The summed E-state index contributed by atoms with van der Waals surface area (Å²) >= 11 is 0. The van der Waals surface area contributed by atoms with Crippen molar-refractivity contribution in [2.45, 2.75) is 19.4 Å². The van der Waals surface area contributed by atoms with E-state index in [-0.39, 0.29) is 11.8 Å². The lowest BCUT2D eigenvalue weighted by atomic mass is 9.97. The van der Waals surface area contributed by atoms with Gasteiger partial charge in [0, 0.05) is 44.4 Å². The van der Waals surface area contributed by atoms with E-state index in [2.05, 4.69) is 30.4 Å². The van der Waals surface area contributed by atoms with Gasteiger partial charge in [0.05, 0.1) is 5.92 Å². The number of anilines is 1. The van der Waals surface area contributed by atoms with E-state index in [1.807, 2.05) is 35.0 Å². The minimum absolute atomic E-state index is 0.0456. The van der Waals surface area contributed by atoms with Gasteiger partial charge in [-0.05, 0) is 42.7 Å². The van der Waals surface area contributed by atoms with Crippen molar-refractivity contribution < 1.29 is 4.79 Å². The Hall–Kier alpha value is -3.29. The van der Waals surface area contributed by atoms with Crippen molar-refractivity contribution in [2.75, 3.05) is 18.0 Å². The van der Waals surface area contributed by atoms with Crippen LogP contribution in [-0.2, 0) is 11.3 Å². The third-order valence-corrected chi connectivity index (χ3v) is 4.74. The zero-order chi connectivity index (χ0) is 18.5. The monoisotopic (exact) mass is 363 g/mol. The Kier molecular flexibility index (Phi) is 5.04. The van der Waals surface area contributed by atoms with Crippen LogP contribution in [0.4, 0.5) is 5.82 Å². The molecule has 138 valence electrons. The summed E-state index contributed by atoms with van der Waals surface area (Å²) in [5.74, 6) is 1.56. The molecule has 0 aromatic carbocycles. The average Bonchev–Trinajstić information content (AvgIpc) is 3.28. The van der Waals surface area contributed by atoms with E-state index in [0.717, 1.165) is 36.6 Å². The van der Waals surface area contributed by atoms with Crippen LogP contribution in [0.15, 0.2) is 55.4 Å². The smallest absolute Gasteiger partial charge is 0.225 e. The van der Waals surface area contributed by atoms with Crippen molar-refractivity contribution in [3.63, 3.8) is 0 Å². The molecule has 1 aliphatic heterocycles. The van der Waals surface area contributed by atoms with Crippen LogP contribution >= 0.6 is 0 Å². The summed E-state index contributed by atoms with van der Waals surface area (Å²) in [4.78, 5) is 22.7. The van der Waals surface area contributed by atoms with Gasteiger partial charge < -0.3 is 10.2 Å². The first-order valence-corrected chi connectivity index (χ1v) is 9.03. The summed E-state index contributed by atoms with van der Waals surface area (Å²) < 4.78 is 1.81. The Morgan fingerprint density at radius 2 is 1.89 bits per heavy atom. The molecule has 1 aliphatic rings. The van der Waals surface area contributed by atoms with Gasteiger partial charge in [0.1, 0.15) is 6.33 Å². The maximum atomic E-state index is 12.6. The fourth-order valence-electron chi connectivity index (χ4n) is 3.25. The van der Waals surface area contributed by atoms with E-state index in [4.69, 9.17) is 0 Å². The molecule has 1 fully saturated rings. The highest BCUT2D eigenvalue weighted by molar-refractivity contribution is 5.79. The molecule has 4 rings (SSSR count). The maximum absolute atomic E-state index is 12.6. The second-order valence-electron chi connectivity index (χ2n) is 6.58. The zero-order valence-corrected chi connectivity index (χ0v) is 14.9. The number of aromatic nitrogens is 5. The molecule has 1 atom stereocenters. The zero-order valence-electron chi connectivity index (χ0n) is 14.9. The average molecular weight is 363 g/mol. The van der Waals surface area contributed by atoms with Gasteiger partial charge in [0.15, 0.2) is 11.6 Å². The molecule has 0 radical (unpaired) electrons. The summed E-state index contributed by atoms with van der Waals surface area (Å²) in [6.45, 7) is 2.06. The number of hydrogen-bond donors (Lipinski definition) is 1. The number of rotatable bonds is 5. The molecule has 0 aliphatic carbocycles. The largest absolute Gasteiger partial charge is 0.354 e. The van der Waals surface area contributed by atoms with Gasteiger partial charge in [-0.1, -0.05) is 0 Å². The van der Waals surface area contributed by atoms with E-state index in [1.54, 1.807) is 24.9 Å². The van der Waals surface area contributed by atoms with Gasteiger partial charge in [0.25, 0.3) is 0 Å². The van der Waals surface area contributed by atoms with Gasteiger partial charge in [-0.3, -0.25) is 14.3 Å². The summed E-state index contributed by atoms with van der Waals surface area (Å²) in [5.41, 5.74) is 1.05. The minimum atomic E-state index is -0.0456. The van der Waals surface area contributed by atoms with Crippen molar-refractivity contribution in [3.8, 4) is 5.82 Å². The van der Waals surface area contributed by atoms with E-state index >= 15 is 0 Å². The number of piperidine rings is 1. The van der Waals surface area contributed by atoms with Crippen molar-refractivity contribution >= 4 is 11.7 Å². The molecule has 0 bridgehead atoms. The van der Waals surface area contributed by atoms with Crippen LogP contribution in [0.5, 0.6) is 0 Å². The Morgan fingerprint density at radius 1 is 1.07 bits per heavy atom. The van der Waals surface area contributed by atoms with E-state index in [0.29, 0.717) is 13.1 Å². The molecule has 1 unspecified atom stereocenters. The normalized spacial score (nSPS) is 16.9. The first-order valence-electron chi connectivity index (χ1n) is 9.03. The highest BCUT2D eigenvalue weighted by Crippen LogP contribution is 2.22. The van der Waals surface area contributed by atoms with Crippen LogP contribution in [0.25, 0.3) is 5.82 Å². The van der Waals surface area contributed by atoms with Crippen LogP contribution < -0.4 is 10.2 Å². The summed E-state index contributed by atoms with van der Waals surface area (Å²) in [5, 5.41) is 11.6. The van der Waals surface area contributed by atoms with Crippen molar-refractivity contribution in [1.29, 1.82) is 0 Å². The SMILES string of the molecule is O=C(NCc1ccncc1)C1CCCN(c2ccc(-n3ccnc3)nn2)C1. The van der Waals surface area contributed by atoms with Crippen molar-refractivity contribution in [1.82, 2.24) is 30.0 Å². The summed E-state index contributed by atoms with van der Waals surface area (Å²) in [7, 11) is 0. The Balaban J connectivity index is 1.36. The molecule has 1 amide bonds. The number of carbonyl (C=O) groups excluding carboxylic acids is 1. The number of amides is 1. The van der Waals surface area contributed by atoms with Gasteiger partial charge in [0.2, 0.25) is 5.91 Å².